The van der Waals surface area contributed by atoms with Crippen molar-refractivity contribution < 1.29 is 4.74 Å². The minimum absolute atomic E-state index is 0.816. The van der Waals surface area contributed by atoms with Gasteiger partial charge in [-0.3, -0.25) is 0 Å². The molecule has 0 aromatic heterocycles. The van der Waals surface area contributed by atoms with Crippen LogP contribution in [0.5, 0.6) is 5.75 Å². The first kappa shape index (κ1) is 13.0. The van der Waals surface area contributed by atoms with Crippen LogP contribution in [0.4, 0.5) is 0 Å². The highest BCUT2D eigenvalue weighted by Crippen LogP contribution is 2.11. The Kier molecular flexibility index (Phi) is 6.66. The maximum Gasteiger partial charge on any atom is 0.119 e. The number of benzene rings is 1. The molecule has 1 aromatic carbocycles. The first-order valence-electron chi connectivity index (χ1n) is 6.23. The van der Waals surface area contributed by atoms with Crippen LogP contribution in [0.25, 0.3) is 0 Å². The summed E-state index contributed by atoms with van der Waals surface area (Å²) in [6.07, 6.45) is 3.51. The van der Waals surface area contributed by atoms with Gasteiger partial charge in [0.1, 0.15) is 5.75 Å². The summed E-state index contributed by atoms with van der Waals surface area (Å²) in [5.74, 6) is 0.979. The Morgan fingerprint density at radius 2 is 1.81 bits per heavy atom. The fraction of sp³-hybridized carbons (Fsp3) is 0.571. The molecule has 0 aliphatic carbocycles. The summed E-state index contributed by atoms with van der Waals surface area (Å²) in [5.41, 5.74) is 1.27. The van der Waals surface area contributed by atoms with Crippen molar-refractivity contribution in [3.05, 3.63) is 29.8 Å². The van der Waals surface area contributed by atoms with Crippen LogP contribution in [0.2, 0.25) is 0 Å². The normalized spacial score (nSPS) is 10.4. The van der Waals surface area contributed by atoms with E-state index in [0.29, 0.717) is 0 Å². The minimum atomic E-state index is 0.816. The highest BCUT2D eigenvalue weighted by Gasteiger charge is 1.93. The lowest BCUT2D eigenvalue weighted by atomic mass is 10.2. The van der Waals surface area contributed by atoms with Gasteiger partial charge >= 0.3 is 0 Å². The lowest BCUT2D eigenvalue weighted by Gasteiger charge is -2.06. The van der Waals surface area contributed by atoms with Crippen molar-refractivity contribution in [3.63, 3.8) is 0 Å². The van der Waals surface area contributed by atoms with Gasteiger partial charge < -0.3 is 10.1 Å². The van der Waals surface area contributed by atoms with Gasteiger partial charge in [0.15, 0.2) is 0 Å². The molecule has 0 radical (unpaired) electrons. The molecular weight excluding hydrogens is 198 g/mol. The summed E-state index contributed by atoms with van der Waals surface area (Å²) in [6, 6.07) is 8.23. The zero-order valence-corrected chi connectivity index (χ0v) is 10.5. The van der Waals surface area contributed by atoms with Crippen molar-refractivity contribution in [1.82, 2.24) is 5.32 Å². The number of hydrogen-bond acceptors (Lipinski definition) is 2. The van der Waals surface area contributed by atoms with E-state index >= 15 is 0 Å². The summed E-state index contributed by atoms with van der Waals surface area (Å²) in [5, 5.41) is 3.39. The second kappa shape index (κ2) is 8.17. The van der Waals surface area contributed by atoms with Gasteiger partial charge in [-0.05, 0) is 51.4 Å². The highest BCUT2D eigenvalue weighted by molar-refractivity contribution is 5.26. The molecule has 0 heterocycles. The van der Waals surface area contributed by atoms with Gasteiger partial charge in [-0.25, -0.2) is 0 Å². The average Bonchev–Trinajstić information content (AvgIpc) is 2.30. The molecule has 0 aliphatic heterocycles. The van der Waals surface area contributed by atoms with E-state index in [1.54, 1.807) is 0 Å². The lowest BCUT2D eigenvalue weighted by molar-refractivity contribution is 0.306. The van der Waals surface area contributed by atoms with E-state index in [0.717, 1.165) is 31.9 Å². The molecule has 1 aromatic rings. The Labute approximate surface area is 99.0 Å². The smallest absolute Gasteiger partial charge is 0.119 e. The lowest BCUT2D eigenvalue weighted by Crippen LogP contribution is -2.16. The molecule has 0 bridgehead atoms. The molecule has 0 fully saturated rings. The fourth-order valence-electron chi connectivity index (χ4n) is 1.48. The predicted molar refractivity (Wildman–Crippen MR) is 69.1 cm³/mol. The van der Waals surface area contributed by atoms with Crippen molar-refractivity contribution >= 4 is 0 Å². The Morgan fingerprint density at radius 3 is 2.50 bits per heavy atom. The van der Waals surface area contributed by atoms with E-state index in [1.165, 1.54) is 18.4 Å². The third-order valence-electron chi connectivity index (χ3n) is 2.46. The molecule has 2 nitrogen and oxygen atoms in total. The number of rotatable bonds is 8. The molecule has 0 saturated heterocycles. The topological polar surface area (TPSA) is 21.3 Å². The van der Waals surface area contributed by atoms with Crippen LogP contribution in [-0.2, 0) is 0 Å². The molecule has 2 heteroatoms. The predicted octanol–water partition coefficient (Wildman–Crippen LogP) is 3.15. The largest absolute Gasteiger partial charge is 0.494 e. The average molecular weight is 221 g/mol. The molecular formula is C14H23NO. The van der Waals surface area contributed by atoms with Crippen LogP contribution in [-0.4, -0.2) is 19.7 Å². The Hall–Kier alpha value is -1.02. The highest BCUT2D eigenvalue weighted by atomic mass is 16.5. The Bertz CT molecular complexity index is 269. The van der Waals surface area contributed by atoms with Gasteiger partial charge in [-0.2, -0.15) is 0 Å². The van der Waals surface area contributed by atoms with Crippen molar-refractivity contribution in [2.24, 2.45) is 0 Å². The quantitative estimate of drug-likeness (QED) is 0.681. The molecule has 0 amide bonds. The van der Waals surface area contributed by atoms with Gasteiger partial charge in [0, 0.05) is 0 Å². The molecule has 1 N–H and O–H groups in total. The van der Waals surface area contributed by atoms with Crippen molar-refractivity contribution in [2.75, 3.05) is 19.7 Å². The van der Waals surface area contributed by atoms with Gasteiger partial charge in [-0.15, -0.1) is 0 Å². The SMILES string of the molecule is CCCNCCCCOc1ccc(C)cc1. The maximum atomic E-state index is 5.64. The molecule has 1 rings (SSSR count). The van der Waals surface area contributed by atoms with E-state index in [4.69, 9.17) is 4.74 Å². The third-order valence-corrected chi connectivity index (χ3v) is 2.46. The van der Waals surface area contributed by atoms with Crippen LogP contribution in [0.1, 0.15) is 31.7 Å². The molecule has 0 atom stereocenters. The second-order valence-corrected chi connectivity index (χ2v) is 4.12. The van der Waals surface area contributed by atoms with Crippen LogP contribution in [0, 0.1) is 6.92 Å². The standard InChI is InChI=1S/C14H23NO/c1-3-10-15-11-4-5-12-16-14-8-6-13(2)7-9-14/h6-9,15H,3-5,10-12H2,1-2H3. The summed E-state index contributed by atoms with van der Waals surface area (Å²) in [6.45, 7) is 7.32. The van der Waals surface area contributed by atoms with E-state index < -0.39 is 0 Å². The first-order chi connectivity index (χ1) is 7.83. The summed E-state index contributed by atoms with van der Waals surface area (Å²) in [7, 11) is 0. The number of ether oxygens (including phenoxy) is 1. The number of unbranched alkanes of at least 4 members (excludes halogenated alkanes) is 1. The molecule has 0 unspecified atom stereocenters. The maximum absolute atomic E-state index is 5.64. The summed E-state index contributed by atoms with van der Waals surface area (Å²) in [4.78, 5) is 0. The van der Waals surface area contributed by atoms with Gasteiger partial charge in [0.05, 0.1) is 6.61 Å². The van der Waals surface area contributed by atoms with Gasteiger partial charge in [-0.1, -0.05) is 24.6 Å². The zero-order chi connectivity index (χ0) is 11.6. The van der Waals surface area contributed by atoms with E-state index in [9.17, 15) is 0 Å². The Balaban J connectivity index is 2.01. The fourth-order valence-corrected chi connectivity index (χ4v) is 1.48. The first-order valence-corrected chi connectivity index (χ1v) is 6.23. The molecule has 0 spiro atoms. The Morgan fingerprint density at radius 1 is 1.06 bits per heavy atom. The molecule has 16 heavy (non-hydrogen) atoms. The molecule has 0 aliphatic rings. The number of nitrogens with one attached hydrogen (secondary N) is 1. The number of aryl methyl sites for hydroxylation is 1. The van der Waals surface area contributed by atoms with Crippen molar-refractivity contribution in [1.29, 1.82) is 0 Å². The van der Waals surface area contributed by atoms with Crippen LogP contribution in [0.3, 0.4) is 0 Å². The van der Waals surface area contributed by atoms with Crippen molar-refractivity contribution in [2.45, 2.75) is 33.1 Å². The summed E-state index contributed by atoms with van der Waals surface area (Å²) < 4.78 is 5.64. The monoisotopic (exact) mass is 221 g/mol. The molecule has 90 valence electrons. The molecule has 0 saturated carbocycles. The zero-order valence-electron chi connectivity index (χ0n) is 10.5. The van der Waals surface area contributed by atoms with E-state index in [1.807, 2.05) is 12.1 Å². The van der Waals surface area contributed by atoms with Crippen molar-refractivity contribution in [3.8, 4) is 5.75 Å². The summed E-state index contributed by atoms with van der Waals surface area (Å²) >= 11 is 0. The van der Waals surface area contributed by atoms with E-state index in [2.05, 4.69) is 31.3 Å². The number of hydrogen-bond donors (Lipinski definition) is 1. The van der Waals surface area contributed by atoms with Crippen LogP contribution >= 0.6 is 0 Å². The minimum Gasteiger partial charge on any atom is -0.494 e. The van der Waals surface area contributed by atoms with Crippen LogP contribution < -0.4 is 10.1 Å². The van der Waals surface area contributed by atoms with Crippen LogP contribution in [0.15, 0.2) is 24.3 Å². The van der Waals surface area contributed by atoms with Gasteiger partial charge in [0.25, 0.3) is 0 Å². The van der Waals surface area contributed by atoms with Gasteiger partial charge in [0.2, 0.25) is 0 Å². The van der Waals surface area contributed by atoms with E-state index in [-0.39, 0.29) is 0 Å². The third kappa shape index (κ3) is 5.76. The second-order valence-electron chi connectivity index (χ2n) is 4.12.